The summed E-state index contributed by atoms with van der Waals surface area (Å²) in [4.78, 5) is -1.11. The zero-order valence-electron chi connectivity index (χ0n) is 29.6. The Morgan fingerprint density at radius 2 is 0.364 bits per heavy atom. The fourth-order valence-electron chi connectivity index (χ4n) is 5.14. The van der Waals surface area contributed by atoms with E-state index in [-0.39, 0.29) is 132 Å². The first-order chi connectivity index (χ1) is 25.8. The van der Waals surface area contributed by atoms with Gasteiger partial charge in [0.2, 0.25) is 0 Å². The molecule has 0 saturated carbocycles. The second kappa shape index (κ2) is 28.4. The van der Waals surface area contributed by atoms with Gasteiger partial charge in [0.25, 0.3) is 0 Å². The van der Waals surface area contributed by atoms with Crippen LogP contribution in [0.4, 0.5) is 0 Å². The first kappa shape index (κ1) is 54.8. The summed E-state index contributed by atoms with van der Waals surface area (Å²) in [7, 11) is 0. The molecule has 5 fully saturated rings. The Balaban J connectivity index is 0.000000344. The fraction of sp³-hybridized carbons (Fsp3) is 1.00. The maximum atomic E-state index is 9.25. The van der Waals surface area contributed by atoms with Gasteiger partial charge in [-0.1, -0.05) is 0 Å². The molecule has 5 aliphatic rings. The van der Waals surface area contributed by atoms with Crippen molar-refractivity contribution in [2.75, 3.05) is 33.0 Å². The molecule has 330 valence electrons. The third-order valence-corrected chi connectivity index (χ3v) is 23.5. The standard InChI is InChI=1S/5C6H12O4Se/c5*7-1-4-6(10)5(9)3(8)2-11-4/h5*3-10H,1-2H2. The van der Waals surface area contributed by atoms with Crippen molar-refractivity contribution >= 4 is 74.8 Å². The van der Waals surface area contributed by atoms with Gasteiger partial charge in [0, 0.05) is 0 Å². The summed E-state index contributed by atoms with van der Waals surface area (Å²) in [6.45, 7) is -0.531. The van der Waals surface area contributed by atoms with Crippen molar-refractivity contribution in [2.24, 2.45) is 0 Å². The van der Waals surface area contributed by atoms with Gasteiger partial charge in [-0.25, -0.2) is 0 Å². The molecule has 20 unspecified atom stereocenters. The van der Waals surface area contributed by atoms with Crippen LogP contribution in [0.3, 0.4) is 0 Å². The maximum absolute atomic E-state index is 9.25. The van der Waals surface area contributed by atoms with E-state index < -0.39 is 91.6 Å². The summed E-state index contributed by atoms with van der Waals surface area (Å²) in [6.07, 6.45) is -14.2. The Kier molecular flexibility index (Phi) is 28.3. The van der Waals surface area contributed by atoms with Crippen molar-refractivity contribution in [1.82, 2.24) is 0 Å². The molecule has 25 heteroatoms. The monoisotopic (exact) mass is 1140 g/mol. The van der Waals surface area contributed by atoms with Gasteiger partial charge < -0.3 is 0 Å². The number of rotatable bonds is 5. The van der Waals surface area contributed by atoms with Gasteiger partial charge in [-0.3, -0.25) is 0 Å². The molecule has 5 heterocycles. The summed E-state index contributed by atoms with van der Waals surface area (Å²) >= 11 is 0.173. The molecule has 0 aromatic rings. The van der Waals surface area contributed by atoms with Crippen LogP contribution in [-0.2, 0) is 0 Å². The molecule has 20 nitrogen and oxygen atoms in total. The molecule has 20 N–H and O–H groups in total. The van der Waals surface area contributed by atoms with Crippen LogP contribution in [-0.4, -0.2) is 302 Å². The summed E-state index contributed by atoms with van der Waals surface area (Å²) in [5.74, 6) is 0. The molecule has 0 aromatic carbocycles. The van der Waals surface area contributed by atoms with Gasteiger partial charge in [-0.15, -0.1) is 0 Å². The topological polar surface area (TPSA) is 405 Å². The van der Waals surface area contributed by atoms with Crippen LogP contribution in [0.1, 0.15) is 0 Å². The van der Waals surface area contributed by atoms with Crippen molar-refractivity contribution in [2.45, 2.75) is 142 Å². The molecule has 0 radical (unpaired) electrons. The molecular weight excluding hydrogens is 1080 g/mol. The first-order valence-corrected chi connectivity index (χ1v) is 28.2. The van der Waals surface area contributed by atoms with Crippen LogP contribution in [0.2, 0.25) is 50.7 Å². The van der Waals surface area contributed by atoms with Crippen LogP contribution in [0.15, 0.2) is 0 Å². The van der Waals surface area contributed by atoms with E-state index in [0.29, 0.717) is 26.6 Å². The van der Waals surface area contributed by atoms with Crippen LogP contribution >= 0.6 is 0 Å². The number of hydrogen-bond donors (Lipinski definition) is 20. The van der Waals surface area contributed by atoms with Crippen molar-refractivity contribution in [3.63, 3.8) is 0 Å². The number of hydrogen-bond acceptors (Lipinski definition) is 20. The average molecular weight is 1140 g/mol. The third kappa shape index (κ3) is 17.2. The molecule has 0 aliphatic carbocycles. The number of aliphatic hydroxyl groups excluding tert-OH is 20. The quantitative estimate of drug-likeness (QED) is 0.114. The van der Waals surface area contributed by atoms with Gasteiger partial charge in [-0.05, 0) is 0 Å². The van der Waals surface area contributed by atoms with E-state index in [1.807, 2.05) is 0 Å². The van der Waals surface area contributed by atoms with E-state index in [1.54, 1.807) is 0 Å². The predicted octanol–water partition coefficient (Wildman–Crippen LogP) is -10.1. The normalized spacial score (nSPS) is 45.8. The van der Waals surface area contributed by atoms with Crippen molar-refractivity contribution in [1.29, 1.82) is 0 Å². The van der Waals surface area contributed by atoms with E-state index >= 15 is 0 Å². The van der Waals surface area contributed by atoms with Gasteiger partial charge >= 0.3 is 352 Å². The van der Waals surface area contributed by atoms with Crippen LogP contribution in [0.25, 0.3) is 0 Å². The predicted molar refractivity (Wildman–Crippen MR) is 197 cm³/mol. The van der Waals surface area contributed by atoms with Crippen LogP contribution in [0, 0.1) is 0 Å². The van der Waals surface area contributed by atoms with E-state index in [9.17, 15) is 25.5 Å². The molecule has 5 rings (SSSR count). The van der Waals surface area contributed by atoms with E-state index in [1.165, 1.54) is 0 Å². The summed E-state index contributed by atoms with van der Waals surface area (Å²) in [5.41, 5.74) is 0. The minimum absolute atomic E-state index is 0.0345. The first-order valence-electron chi connectivity index (χ1n) is 17.2. The van der Waals surface area contributed by atoms with Gasteiger partial charge in [0.15, 0.2) is 0 Å². The summed E-state index contributed by atoms with van der Waals surface area (Å²) in [6, 6.07) is 0. The zero-order valence-corrected chi connectivity index (χ0v) is 38.2. The molecular formula is C30H60O20Se5. The third-order valence-electron chi connectivity index (χ3n) is 8.93. The molecule has 5 aliphatic heterocycles. The van der Waals surface area contributed by atoms with Gasteiger partial charge in [0.05, 0.1) is 0 Å². The summed E-state index contributed by atoms with van der Waals surface area (Å²) in [5, 5.41) is 184. The van der Waals surface area contributed by atoms with Crippen LogP contribution in [0.5, 0.6) is 0 Å². The van der Waals surface area contributed by atoms with Gasteiger partial charge in [0.1, 0.15) is 0 Å². The Hall–Kier alpha value is 1.80. The van der Waals surface area contributed by atoms with Crippen molar-refractivity contribution in [3.8, 4) is 0 Å². The Morgan fingerprint density at radius 1 is 0.236 bits per heavy atom. The van der Waals surface area contributed by atoms with Gasteiger partial charge in [-0.2, -0.15) is 0 Å². The molecule has 0 spiro atoms. The SMILES string of the molecule is OCC1[Se]CC(O)C(O)C1O.OCC1[Se]CC(O)C(O)C1O.OCC1[Se]CC(O)C(O)C1O.OCC1[Se]CC(O)C(O)C1O.OCC1[Se]CC(O)C(O)C1O. The van der Waals surface area contributed by atoms with E-state index in [4.69, 9.17) is 76.6 Å². The zero-order chi connectivity index (χ0) is 42.2. The number of aliphatic hydroxyl groups is 20. The van der Waals surface area contributed by atoms with Crippen molar-refractivity contribution < 1.29 is 102 Å². The average Bonchev–Trinajstić information content (AvgIpc) is 3.18. The molecule has 0 amide bonds. The summed E-state index contributed by atoms with van der Waals surface area (Å²) < 4.78 is 0. The van der Waals surface area contributed by atoms with E-state index in [0.717, 1.165) is 0 Å². The minimum atomic E-state index is -1.08. The fourth-order valence-corrected chi connectivity index (χ4v) is 16.7. The second-order valence-electron chi connectivity index (χ2n) is 13.0. The van der Waals surface area contributed by atoms with Crippen LogP contribution < -0.4 is 0 Å². The second-order valence-corrected chi connectivity index (χ2v) is 26.4. The Bertz CT molecular complexity index is 823. The molecule has 0 aromatic heterocycles. The molecule has 55 heavy (non-hydrogen) atoms. The Labute approximate surface area is 350 Å². The van der Waals surface area contributed by atoms with Crippen molar-refractivity contribution in [3.05, 3.63) is 0 Å². The molecule has 0 bridgehead atoms. The molecule has 5 saturated heterocycles. The molecule has 20 atom stereocenters. The Morgan fingerprint density at radius 3 is 0.473 bits per heavy atom. The van der Waals surface area contributed by atoms with E-state index in [2.05, 4.69) is 0 Å².